The molecule has 0 aliphatic carbocycles. The fourth-order valence-electron chi connectivity index (χ4n) is 3.38. The zero-order valence-corrected chi connectivity index (χ0v) is 16.6. The molecule has 1 saturated heterocycles. The van der Waals surface area contributed by atoms with Gasteiger partial charge in [0.2, 0.25) is 0 Å². The van der Waals surface area contributed by atoms with Crippen LogP contribution in [0.15, 0.2) is 36.4 Å². The maximum Gasteiger partial charge on any atom is 0.254 e. The molecule has 1 fully saturated rings. The predicted octanol–water partition coefficient (Wildman–Crippen LogP) is 4.18. The van der Waals surface area contributed by atoms with Crippen molar-refractivity contribution in [2.45, 2.75) is 19.3 Å². The molecule has 7 heteroatoms. The summed E-state index contributed by atoms with van der Waals surface area (Å²) in [5, 5.41) is 6.11. The molecule has 4 nitrogen and oxygen atoms in total. The Bertz CT molecular complexity index is 811. The SMILES string of the molecule is COc1ccc(-c2ccc(C(=O)NCCC3CCCNC3)c(F)c2)c(F)c1.Cl. The van der Waals surface area contributed by atoms with E-state index in [9.17, 15) is 13.6 Å². The van der Waals surface area contributed by atoms with Crippen LogP contribution >= 0.6 is 12.4 Å². The van der Waals surface area contributed by atoms with Crippen molar-refractivity contribution in [3.8, 4) is 16.9 Å². The van der Waals surface area contributed by atoms with Crippen molar-refractivity contribution in [1.82, 2.24) is 10.6 Å². The number of carbonyl (C=O) groups excluding carboxylic acids is 1. The van der Waals surface area contributed by atoms with Crippen molar-refractivity contribution in [1.29, 1.82) is 0 Å². The normalized spacial score (nSPS) is 16.2. The van der Waals surface area contributed by atoms with Gasteiger partial charge in [0.25, 0.3) is 5.91 Å². The first-order valence-corrected chi connectivity index (χ1v) is 9.21. The lowest BCUT2D eigenvalue weighted by atomic mass is 9.96. The van der Waals surface area contributed by atoms with Crippen molar-refractivity contribution >= 4 is 18.3 Å². The molecule has 2 aromatic carbocycles. The summed E-state index contributed by atoms with van der Waals surface area (Å²) >= 11 is 0. The molecule has 3 rings (SSSR count). The fraction of sp³-hybridized carbons (Fsp3) is 0.381. The number of carbonyl (C=O) groups is 1. The van der Waals surface area contributed by atoms with E-state index in [1.54, 1.807) is 12.1 Å². The van der Waals surface area contributed by atoms with Crippen LogP contribution in [-0.2, 0) is 0 Å². The van der Waals surface area contributed by atoms with E-state index in [2.05, 4.69) is 10.6 Å². The third-order valence-corrected chi connectivity index (χ3v) is 4.94. The van der Waals surface area contributed by atoms with E-state index in [0.29, 0.717) is 23.8 Å². The van der Waals surface area contributed by atoms with Crippen molar-refractivity contribution in [3.63, 3.8) is 0 Å². The van der Waals surface area contributed by atoms with Gasteiger partial charge in [0.1, 0.15) is 17.4 Å². The molecule has 2 aromatic rings. The smallest absolute Gasteiger partial charge is 0.254 e. The van der Waals surface area contributed by atoms with Gasteiger partial charge in [-0.05, 0) is 68.1 Å². The quantitative estimate of drug-likeness (QED) is 0.751. The predicted molar refractivity (Wildman–Crippen MR) is 108 cm³/mol. The largest absolute Gasteiger partial charge is 0.497 e. The molecule has 2 N–H and O–H groups in total. The van der Waals surface area contributed by atoms with Crippen molar-refractivity contribution in [2.24, 2.45) is 5.92 Å². The monoisotopic (exact) mass is 410 g/mol. The molecule has 0 bridgehead atoms. The van der Waals surface area contributed by atoms with Crippen LogP contribution < -0.4 is 15.4 Å². The first kappa shape index (κ1) is 22.1. The van der Waals surface area contributed by atoms with E-state index in [-0.39, 0.29) is 23.5 Å². The average molecular weight is 411 g/mol. The first-order chi connectivity index (χ1) is 13.1. The van der Waals surface area contributed by atoms with E-state index in [1.807, 2.05) is 0 Å². The molecule has 28 heavy (non-hydrogen) atoms. The topological polar surface area (TPSA) is 50.4 Å². The van der Waals surface area contributed by atoms with Gasteiger partial charge in [-0.1, -0.05) is 6.07 Å². The Morgan fingerprint density at radius 2 is 2.04 bits per heavy atom. The first-order valence-electron chi connectivity index (χ1n) is 9.21. The molecule has 0 radical (unpaired) electrons. The van der Waals surface area contributed by atoms with Crippen molar-refractivity contribution in [3.05, 3.63) is 53.6 Å². The standard InChI is InChI=1S/C21H24F2N2O2.ClH/c1-27-16-5-7-17(20(23)12-16)15-4-6-18(19(22)11-15)21(26)25-10-8-14-3-2-9-24-13-14;/h4-7,11-12,14,24H,2-3,8-10,13H2,1H3,(H,25,26);1H. The zero-order valence-electron chi connectivity index (χ0n) is 15.8. The molecule has 1 heterocycles. The Morgan fingerprint density at radius 1 is 1.21 bits per heavy atom. The van der Waals surface area contributed by atoms with Gasteiger partial charge in [0.15, 0.2) is 0 Å². The van der Waals surface area contributed by atoms with E-state index in [4.69, 9.17) is 4.74 Å². The van der Waals surface area contributed by atoms with Gasteiger partial charge in [-0.2, -0.15) is 0 Å². The van der Waals surface area contributed by atoms with Crippen LogP contribution in [0.4, 0.5) is 8.78 Å². The summed E-state index contributed by atoms with van der Waals surface area (Å²) in [7, 11) is 1.45. The number of halogens is 3. The average Bonchev–Trinajstić information content (AvgIpc) is 2.68. The third-order valence-electron chi connectivity index (χ3n) is 4.94. The lowest BCUT2D eigenvalue weighted by Gasteiger charge is -2.22. The second-order valence-corrected chi connectivity index (χ2v) is 6.80. The number of rotatable bonds is 6. The molecule has 0 saturated carbocycles. The number of amides is 1. The molecule has 1 atom stereocenters. The van der Waals surface area contributed by atoms with Gasteiger partial charge in [-0.3, -0.25) is 4.79 Å². The minimum absolute atomic E-state index is 0. The van der Waals surface area contributed by atoms with Gasteiger partial charge < -0.3 is 15.4 Å². The Hall–Kier alpha value is -2.18. The van der Waals surface area contributed by atoms with E-state index >= 15 is 0 Å². The van der Waals surface area contributed by atoms with Crippen LogP contribution in [0.2, 0.25) is 0 Å². The number of hydrogen-bond acceptors (Lipinski definition) is 3. The summed E-state index contributed by atoms with van der Waals surface area (Å²) in [4.78, 5) is 12.2. The van der Waals surface area contributed by atoms with E-state index in [1.165, 1.54) is 31.4 Å². The second-order valence-electron chi connectivity index (χ2n) is 6.80. The number of nitrogens with one attached hydrogen (secondary N) is 2. The van der Waals surface area contributed by atoms with Crippen molar-refractivity contribution in [2.75, 3.05) is 26.7 Å². The summed E-state index contributed by atoms with van der Waals surface area (Å²) < 4.78 is 33.6. The van der Waals surface area contributed by atoms with Crippen LogP contribution in [0, 0.1) is 17.6 Å². The molecule has 152 valence electrons. The number of methoxy groups -OCH3 is 1. The molecule has 1 aliphatic rings. The summed E-state index contributed by atoms with van der Waals surface area (Å²) in [6.45, 7) is 2.53. The van der Waals surface area contributed by atoms with Gasteiger partial charge in [-0.25, -0.2) is 8.78 Å². The van der Waals surface area contributed by atoms with Crippen LogP contribution in [-0.4, -0.2) is 32.7 Å². The maximum atomic E-state index is 14.4. The molecular formula is C21H25ClF2N2O2. The highest BCUT2D eigenvalue weighted by atomic mass is 35.5. The third kappa shape index (κ3) is 5.42. The van der Waals surface area contributed by atoms with Gasteiger partial charge in [0, 0.05) is 18.2 Å². The van der Waals surface area contributed by atoms with Gasteiger partial charge in [0.05, 0.1) is 12.7 Å². The van der Waals surface area contributed by atoms with Crippen LogP contribution in [0.5, 0.6) is 5.75 Å². The van der Waals surface area contributed by atoms with Gasteiger partial charge in [-0.15, -0.1) is 12.4 Å². The summed E-state index contributed by atoms with van der Waals surface area (Å²) in [5.41, 5.74) is 0.596. The molecule has 1 amide bonds. The number of ether oxygens (including phenoxy) is 1. The minimum atomic E-state index is -0.667. The highest BCUT2D eigenvalue weighted by Crippen LogP contribution is 2.27. The minimum Gasteiger partial charge on any atom is -0.497 e. The molecule has 0 aromatic heterocycles. The number of benzene rings is 2. The Kier molecular flexibility index (Phi) is 8.20. The van der Waals surface area contributed by atoms with Crippen molar-refractivity contribution < 1.29 is 18.3 Å². The Morgan fingerprint density at radius 3 is 2.68 bits per heavy atom. The molecule has 1 unspecified atom stereocenters. The van der Waals surface area contributed by atoms with Crippen LogP contribution in [0.3, 0.4) is 0 Å². The highest BCUT2D eigenvalue weighted by molar-refractivity contribution is 5.95. The van der Waals surface area contributed by atoms with Gasteiger partial charge >= 0.3 is 0 Å². The zero-order chi connectivity index (χ0) is 19.2. The highest BCUT2D eigenvalue weighted by Gasteiger charge is 2.16. The maximum absolute atomic E-state index is 14.4. The molecule has 1 aliphatic heterocycles. The fourth-order valence-corrected chi connectivity index (χ4v) is 3.38. The second kappa shape index (κ2) is 10.4. The number of piperidine rings is 1. The Labute approximate surface area is 170 Å². The van der Waals surface area contributed by atoms with E-state index < -0.39 is 17.5 Å². The summed E-state index contributed by atoms with van der Waals surface area (Å²) in [5.74, 6) is -0.685. The van der Waals surface area contributed by atoms with Crippen LogP contribution in [0.25, 0.3) is 11.1 Å². The van der Waals surface area contributed by atoms with E-state index in [0.717, 1.165) is 32.4 Å². The lowest BCUT2D eigenvalue weighted by molar-refractivity contribution is 0.0946. The number of hydrogen-bond donors (Lipinski definition) is 2. The molecule has 0 spiro atoms. The van der Waals surface area contributed by atoms with Crippen LogP contribution in [0.1, 0.15) is 29.6 Å². The molecular weight excluding hydrogens is 386 g/mol. The summed E-state index contributed by atoms with van der Waals surface area (Å²) in [6.07, 6.45) is 3.17. The summed E-state index contributed by atoms with van der Waals surface area (Å²) in [6, 6.07) is 8.51. The lowest BCUT2D eigenvalue weighted by Crippen LogP contribution is -2.33. The Balaban J connectivity index is 0.00000280.